The van der Waals surface area contributed by atoms with Crippen LogP contribution in [-0.2, 0) is 9.53 Å². The van der Waals surface area contributed by atoms with Gasteiger partial charge in [-0.15, -0.1) is 0 Å². The standard InChI is InChI=1S/C11H22N2O2/c1-2-15-9-8-12-7-3-4-11(14)13-10-5-6-10/h10,12H,2-9H2,1H3,(H,13,14). The van der Waals surface area contributed by atoms with Crippen molar-refractivity contribution in [2.45, 2.75) is 38.6 Å². The molecule has 0 aliphatic heterocycles. The van der Waals surface area contributed by atoms with E-state index in [-0.39, 0.29) is 5.91 Å². The van der Waals surface area contributed by atoms with Crippen molar-refractivity contribution >= 4 is 5.91 Å². The Balaban J connectivity index is 1.77. The average Bonchev–Trinajstić information content (AvgIpc) is 3.00. The topological polar surface area (TPSA) is 50.4 Å². The molecule has 1 rings (SSSR count). The number of hydrogen-bond donors (Lipinski definition) is 2. The normalized spacial score (nSPS) is 15.3. The maximum Gasteiger partial charge on any atom is 0.220 e. The predicted octanol–water partition coefficient (Wildman–Crippen LogP) is 0.671. The molecule has 1 amide bonds. The highest BCUT2D eigenvalue weighted by molar-refractivity contribution is 5.76. The third-order valence-corrected chi connectivity index (χ3v) is 2.33. The zero-order valence-electron chi connectivity index (χ0n) is 9.55. The van der Waals surface area contributed by atoms with Gasteiger partial charge in [0.25, 0.3) is 0 Å². The van der Waals surface area contributed by atoms with Gasteiger partial charge in [0.2, 0.25) is 5.91 Å². The molecule has 0 atom stereocenters. The molecule has 1 saturated carbocycles. The van der Waals surface area contributed by atoms with E-state index >= 15 is 0 Å². The summed E-state index contributed by atoms with van der Waals surface area (Å²) in [5.41, 5.74) is 0. The summed E-state index contributed by atoms with van der Waals surface area (Å²) in [6.07, 6.45) is 3.87. The fourth-order valence-electron chi connectivity index (χ4n) is 1.32. The second kappa shape index (κ2) is 7.65. The molecule has 0 aromatic rings. The minimum absolute atomic E-state index is 0.198. The molecule has 0 aromatic heterocycles. The number of rotatable bonds is 9. The van der Waals surface area contributed by atoms with Crippen LogP contribution in [0.1, 0.15) is 32.6 Å². The smallest absolute Gasteiger partial charge is 0.220 e. The largest absolute Gasteiger partial charge is 0.380 e. The molecule has 0 spiro atoms. The number of carbonyl (C=O) groups excluding carboxylic acids is 1. The summed E-state index contributed by atoms with van der Waals surface area (Å²) in [4.78, 5) is 11.3. The van der Waals surface area contributed by atoms with Crippen molar-refractivity contribution in [3.63, 3.8) is 0 Å². The third-order valence-electron chi connectivity index (χ3n) is 2.33. The van der Waals surface area contributed by atoms with E-state index in [0.29, 0.717) is 12.5 Å². The fraction of sp³-hybridized carbons (Fsp3) is 0.909. The van der Waals surface area contributed by atoms with Crippen LogP contribution in [0.15, 0.2) is 0 Å². The molecule has 0 radical (unpaired) electrons. The molecule has 4 heteroatoms. The van der Waals surface area contributed by atoms with Gasteiger partial charge in [0.15, 0.2) is 0 Å². The van der Waals surface area contributed by atoms with Crippen LogP contribution in [-0.4, -0.2) is 38.3 Å². The Bertz CT molecular complexity index is 181. The fourth-order valence-corrected chi connectivity index (χ4v) is 1.32. The summed E-state index contributed by atoms with van der Waals surface area (Å²) in [7, 11) is 0. The average molecular weight is 214 g/mol. The maximum atomic E-state index is 11.3. The Morgan fingerprint density at radius 3 is 2.87 bits per heavy atom. The second-order valence-corrected chi connectivity index (χ2v) is 3.89. The van der Waals surface area contributed by atoms with Crippen LogP contribution >= 0.6 is 0 Å². The quantitative estimate of drug-likeness (QED) is 0.555. The second-order valence-electron chi connectivity index (χ2n) is 3.89. The van der Waals surface area contributed by atoms with Gasteiger partial charge in [0.05, 0.1) is 6.61 Å². The highest BCUT2D eigenvalue weighted by Gasteiger charge is 2.22. The van der Waals surface area contributed by atoms with Crippen LogP contribution < -0.4 is 10.6 Å². The van der Waals surface area contributed by atoms with Gasteiger partial charge in [-0.2, -0.15) is 0 Å². The van der Waals surface area contributed by atoms with Crippen molar-refractivity contribution in [1.82, 2.24) is 10.6 Å². The molecular weight excluding hydrogens is 192 g/mol. The van der Waals surface area contributed by atoms with Crippen LogP contribution in [0, 0.1) is 0 Å². The minimum Gasteiger partial charge on any atom is -0.380 e. The molecule has 2 N–H and O–H groups in total. The van der Waals surface area contributed by atoms with E-state index in [2.05, 4.69) is 10.6 Å². The number of ether oxygens (including phenoxy) is 1. The molecule has 4 nitrogen and oxygen atoms in total. The molecule has 0 bridgehead atoms. The SMILES string of the molecule is CCOCCNCCCC(=O)NC1CC1. The molecule has 15 heavy (non-hydrogen) atoms. The van der Waals surface area contributed by atoms with Crippen molar-refractivity contribution < 1.29 is 9.53 Å². The van der Waals surface area contributed by atoms with E-state index in [0.717, 1.165) is 32.7 Å². The van der Waals surface area contributed by atoms with Gasteiger partial charge >= 0.3 is 0 Å². The van der Waals surface area contributed by atoms with Crippen molar-refractivity contribution in [1.29, 1.82) is 0 Å². The van der Waals surface area contributed by atoms with Gasteiger partial charge in [-0.25, -0.2) is 0 Å². The lowest BCUT2D eigenvalue weighted by Crippen LogP contribution is -2.27. The van der Waals surface area contributed by atoms with Crippen molar-refractivity contribution in [2.75, 3.05) is 26.3 Å². The first-order valence-electron chi connectivity index (χ1n) is 5.90. The Hall–Kier alpha value is -0.610. The zero-order valence-corrected chi connectivity index (χ0v) is 9.55. The number of carbonyl (C=O) groups is 1. The lowest BCUT2D eigenvalue weighted by Gasteiger charge is -2.05. The lowest BCUT2D eigenvalue weighted by molar-refractivity contribution is -0.121. The Morgan fingerprint density at radius 2 is 2.20 bits per heavy atom. The summed E-state index contributed by atoms with van der Waals surface area (Å²) >= 11 is 0. The zero-order chi connectivity index (χ0) is 10.9. The minimum atomic E-state index is 0.198. The van der Waals surface area contributed by atoms with E-state index in [4.69, 9.17) is 4.74 Å². The summed E-state index contributed by atoms with van der Waals surface area (Å²) in [6.45, 7) is 5.28. The van der Waals surface area contributed by atoms with E-state index in [1.54, 1.807) is 0 Å². The molecule has 1 aliphatic carbocycles. The van der Waals surface area contributed by atoms with Gasteiger partial charge in [-0.1, -0.05) is 0 Å². The van der Waals surface area contributed by atoms with Crippen molar-refractivity contribution in [3.8, 4) is 0 Å². The molecule has 0 aromatic carbocycles. The van der Waals surface area contributed by atoms with Gasteiger partial charge in [-0.05, 0) is 32.7 Å². The Morgan fingerprint density at radius 1 is 1.40 bits per heavy atom. The molecule has 0 saturated heterocycles. The van der Waals surface area contributed by atoms with Crippen molar-refractivity contribution in [3.05, 3.63) is 0 Å². The van der Waals surface area contributed by atoms with Gasteiger partial charge in [-0.3, -0.25) is 4.79 Å². The highest BCUT2D eigenvalue weighted by Crippen LogP contribution is 2.18. The number of nitrogens with one attached hydrogen (secondary N) is 2. The Kier molecular flexibility index (Phi) is 6.36. The highest BCUT2D eigenvalue weighted by atomic mass is 16.5. The van der Waals surface area contributed by atoms with Gasteiger partial charge in [0, 0.05) is 25.6 Å². The van der Waals surface area contributed by atoms with E-state index < -0.39 is 0 Å². The Labute approximate surface area is 91.8 Å². The van der Waals surface area contributed by atoms with Crippen LogP contribution in [0.3, 0.4) is 0 Å². The maximum absolute atomic E-state index is 11.3. The monoisotopic (exact) mass is 214 g/mol. The van der Waals surface area contributed by atoms with Crippen molar-refractivity contribution in [2.24, 2.45) is 0 Å². The van der Waals surface area contributed by atoms with Crippen LogP contribution in [0.2, 0.25) is 0 Å². The predicted molar refractivity (Wildman–Crippen MR) is 59.8 cm³/mol. The first-order chi connectivity index (χ1) is 7.33. The first-order valence-corrected chi connectivity index (χ1v) is 5.90. The molecule has 0 unspecified atom stereocenters. The van der Waals surface area contributed by atoms with E-state index in [1.807, 2.05) is 6.92 Å². The molecular formula is C11H22N2O2. The number of amides is 1. The molecule has 88 valence electrons. The van der Waals surface area contributed by atoms with Crippen LogP contribution in [0.4, 0.5) is 0 Å². The summed E-state index contributed by atoms with van der Waals surface area (Å²) in [5.74, 6) is 0.198. The number of hydrogen-bond acceptors (Lipinski definition) is 3. The third kappa shape index (κ3) is 7.33. The van der Waals surface area contributed by atoms with Gasteiger partial charge < -0.3 is 15.4 Å². The van der Waals surface area contributed by atoms with E-state index in [9.17, 15) is 4.79 Å². The van der Waals surface area contributed by atoms with Gasteiger partial charge in [0.1, 0.15) is 0 Å². The summed E-state index contributed by atoms with van der Waals surface area (Å²) in [6, 6.07) is 0.489. The lowest BCUT2D eigenvalue weighted by atomic mass is 10.3. The van der Waals surface area contributed by atoms with E-state index in [1.165, 1.54) is 12.8 Å². The van der Waals surface area contributed by atoms with Crippen LogP contribution in [0.5, 0.6) is 0 Å². The summed E-state index contributed by atoms with van der Waals surface area (Å²) in [5, 5.41) is 6.21. The van der Waals surface area contributed by atoms with Crippen LogP contribution in [0.25, 0.3) is 0 Å². The molecule has 0 heterocycles. The molecule has 1 aliphatic rings. The molecule has 1 fully saturated rings. The first kappa shape index (κ1) is 12.5. The summed E-state index contributed by atoms with van der Waals surface area (Å²) < 4.78 is 5.18.